The summed E-state index contributed by atoms with van der Waals surface area (Å²) >= 11 is 1.83. The predicted molar refractivity (Wildman–Crippen MR) is 68.8 cm³/mol. The highest BCUT2D eigenvalue weighted by Crippen LogP contribution is 2.23. The zero-order chi connectivity index (χ0) is 11.5. The van der Waals surface area contributed by atoms with Gasteiger partial charge in [-0.25, -0.2) is 4.98 Å². The van der Waals surface area contributed by atoms with E-state index in [0.717, 1.165) is 17.3 Å². The lowest BCUT2D eigenvalue weighted by molar-refractivity contribution is 1.12. The summed E-state index contributed by atoms with van der Waals surface area (Å²) in [6, 6.07) is 8.57. The van der Waals surface area contributed by atoms with Gasteiger partial charge in [0.2, 0.25) is 0 Å². The topological polar surface area (TPSA) is 28.7 Å². The third-order valence-corrected chi connectivity index (χ3v) is 3.47. The van der Waals surface area contributed by atoms with Crippen molar-refractivity contribution in [3.63, 3.8) is 0 Å². The number of hydrogen-bond donors (Lipinski definition) is 1. The van der Waals surface area contributed by atoms with Crippen molar-refractivity contribution in [1.82, 2.24) is 9.97 Å². The van der Waals surface area contributed by atoms with Crippen LogP contribution in [0.1, 0.15) is 22.8 Å². The average Bonchev–Trinajstić information content (AvgIpc) is 2.54. The molecule has 16 heavy (non-hydrogen) atoms. The largest absolute Gasteiger partial charge is 0.346 e. The first kappa shape index (κ1) is 11.3. The summed E-state index contributed by atoms with van der Waals surface area (Å²) in [6.07, 6.45) is 0. The number of thioether (sulfide) groups is 1. The Bertz CT molecular complexity index is 488. The number of nitrogens with zero attached hydrogens (tertiary/aromatic N) is 1. The third-order valence-electron chi connectivity index (χ3n) is 2.47. The molecule has 1 N–H and O–H groups in total. The van der Waals surface area contributed by atoms with Crippen molar-refractivity contribution >= 4 is 11.8 Å². The number of benzene rings is 1. The number of H-pyrrole nitrogens is 1. The highest BCUT2D eigenvalue weighted by molar-refractivity contribution is 7.98. The third kappa shape index (κ3) is 2.67. The van der Waals surface area contributed by atoms with Crippen molar-refractivity contribution in [2.45, 2.75) is 31.4 Å². The molecule has 0 fully saturated rings. The molecule has 84 valence electrons. The van der Waals surface area contributed by atoms with E-state index in [-0.39, 0.29) is 0 Å². The molecule has 0 spiro atoms. The number of nitrogens with one attached hydrogen (secondary N) is 1. The molecule has 0 aliphatic carbocycles. The van der Waals surface area contributed by atoms with E-state index < -0.39 is 0 Å². The van der Waals surface area contributed by atoms with Gasteiger partial charge in [-0.05, 0) is 32.9 Å². The molecule has 0 saturated carbocycles. The quantitative estimate of drug-likeness (QED) is 0.819. The van der Waals surface area contributed by atoms with E-state index >= 15 is 0 Å². The Balaban J connectivity index is 2.05. The lowest BCUT2D eigenvalue weighted by atomic mass is 10.2. The second kappa shape index (κ2) is 4.74. The number of aromatic nitrogens is 2. The van der Waals surface area contributed by atoms with Crippen LogP contribution in [0.3, 0.4) is 0 Å². The van der Waals surface area contributed by atoms with Crippen molar-refractivity contribution in [1.29, 1.82) is 0 Å². The predicted octanol–water partition coefficient (Wildman–Crippen LogP) is 3.63. The van der Waals surface area contributed by atoms with Gasteiger partial charge >= 0.3 is 0 Å². The number of rotatable bonds is 3. The van der Waals surface area contributed by atoms with Crippen LogP contribution >= 0.6 is 11.8 Å². The summed E-state index contributed by atoms with van der Waals surface area (Å²) in [5.74, 6) is 1.93. The SMILES string of the molecule is Cc1cccc(SCc2nc(C)[nH]c2C)c1. The van der Waals surface area contributed by atoms with E-state index in [1.807, 2.05) is 18.7 Å². The molecule has 2 rings (SSSR count). The molecule has 3 heteroatoms. The smallest absolute Gasteiger partial charge is 0.103 e. The molecule has 1 aromatic heterocycles. The molecule has 0 aliphatic heterocycles. The molecule has 0 radical (unpaired) electrons. The van der Waals surface area contributed by atoms with Gasteiger partial charge < -0.3 is 4.98 Å². The molecule has 2 nitrogen and oxygen atoms in total. The molecule has 1 aromatic carbocycles. The van der Waals surface area contributed by atoms with Crippen LogP contribution < -0.4 is 0 Å². The van der Waals surface area contributed by atoms with Crippen LogP contribution in [0.15, 0.2) is 29.2 Å². The highest BCUT2D eigenvalue weighted by atomic mass is 32.2. The summed E-state index contributed by atoms with van der Waals surface area (Å²) in [5, 5.41) is 0. The van der Waals surface area contributed by atoms with Gasteiger partial charge in [-0.1, -0.05) is 17.7 Å². The minimum atomic E-state index is 0.930. The summed E-state index contributed by atoms with van der Waals surface area (Å²) in [6.45, 7) is 6.19. The Kier molecular flexibility index (Phi) is 3.34. The number of aromatic amines is 1. The molecule has 0 atom stereocenters. The summed E-state index contributed by atoms with van der Waals surface area (Å²) in [4.78, 5) is 9.01. The van der Waals surface area contributed by atoms with Crippen molar-refractivity contribution < 1.29 is 0 Å². The maximum Gasteiger partial charge on any atom is 0.103 e. The Morgan fingerprint density at radius 1 is 1.25 bits per heavy atom. The Morgan fingerprint density at radius 2 is 2.06 bits per heavy atom. The Labute approximate surface area is 101 Å². The van der Waals surface area contributed by atoms with E-state index in [1.165, 1.54) is 16.2 Å². The van der Waals surface area contributed by atoms with E-state index in [1.54, 1.807) is 0 Å². The summed E-state index contributed by atoms with van der Waals surface area (Å²) < 4.78 is 0. The van der Waals surface area contributed by atoms with Gasteiger partial charge in [0.15, 0.2) is 0 Å². The fourth-order valence-electron chi connectivity index (χ4n) is 1.66. The zero-order valence-electron chi connectivity index (χ0n) is 9.87. The van der Waals surface area contributed by atoms with E-state index in [9.17, 15) is 0 Å². The molecule has 0 aliphatic rings. The first-order chi connectivity index (χ1) is 7.65. The molecule has 0 unspecified atom stereocenters. The van der Waals surface area contributed by atoms with Gasteiger partial charge in [0.05, 0.1) is 5.69 Å². The van der Waals surface area contributed by atoms with Gasteiger partial charge in [-0.3, -0.25) is 0 Å². The minimum absolute atomic E-state index is 0.930. The molecular formula is C13H16N2S. The Morgan fingerprint density at radius 3 is 2.69 bits per heavy atom. The van der Waals surface area contributed by atoms with E-state index in [0.29, 0.717) is 0 Å². The monoisotopic (exact) mass is 232 g/mol. The maximum absolute atomic E-state index is 4.47. The molecule has 2 aromatic rings. The fourth-order valence-corrected chi connectivity index (χ4v) is 2.68. The van der Waals surface area contributed by atoms with Crippen molar-refractivity contribution in [2.24, 2.45) is 0 Å². The minimum Gasteiger partial charge on any atom is -0.346 e. The first-order valence-corrected chi connectivity index (χ1v) is 6.35. The molecule has 0 saturated heterocycles. The van der Waals surface area contributed by atoms with Gasteiger partial charge in [0.25, 0.3) is 0 Å². The fraction of sp³-hybridized carbons (Fsp3) is 0.308. The van der Waals surface area contributed by atoms with Crippen LogP contribution in [0.2, 0.25) is 0 Å². The first-order valence-electron chi connectivity index (χ1n) is 5.36. The molecular weight excluding hydrogens is 216 g/mol. The average molecular weight is 232 g/mol. The zero-order valence-corrected chi connectivity index (χ0v) is 10.7. The number of hydrogen-bond acceptors (Lipinski definition) is 2. The summed E-state index contributed by atoms with van der Waals surface area (Å²) in [5.41, 5.74) is 3.64. The van der Waals surface area contributed by atoms with Gasteiger partial charge in [0.1, 0.15) is 5.82 Å². The summed E-state index contributed by atoms with van der Waals surface area (Å²) in [7, 11) is 0. The normalized spacial score (nSPS) is 10.7. The standard InChI is InChI=1S/C13H16N2S/c1-9-5-4-6-12(7-9)16-8-13-10(2)14-11(3)15-13/h4-7H,8H2,1-3H3,(H,14,15). The molecule has 1 heterocycles. The van der Waals surface area contributed by atoms with Crippen LogP contribution in [-0.4, -0.2) is 9.97 Å². The van der Waals surface area contributed by atoms with E-state index in [4.69, 9.17) is 0 Å². The molecule has 0 amide bonds. The van der Waals surface area contributed by atoms with Crippen molar-refractivity contribution in [2.75, 3.05) is 0 Å². The van der Waals surface area contributed by atoms with Gasteiger partial charge in [-0.15, -0.1) is 11.8 Å². The van der Waals surface area contributed by atoms with Crippen LogP contribution in [-0.2, 0) is 5.75 Å². The van der Waals surface area contributed by atoms with Crippen molar-refractivity contribution in [3.8, 4) is 0 Å². The number of imidazole rings is 1. The molecule has 0 bridgehead atoms. The van der Waals surface area contributed by atoms with Crippen molar-refractivity contribution in [3.05, 3.63) is 47.0 Å². The van der Waals surface area contributed by atoms with Crippen LogP contribution in [0.5, 0.6) is 0 Å². The van der Waals surface area contributed by atoms with Crippen LogP contribution in [0, 0.1) is 20.8 Å². The lowest BCUT2D eigenvalue weighted by Crippen LogP contribution is -1.84. The Hall–Kier alpha value is -1.22. The van der Waals surface area contributed by atoms with E-state index in [2.05, 4.69) is 48.1 Å². The second-order valence-electron chi connectivity index (χ2n) is 4.00. The number of aryl methyl sites for hydroxylation is 3. The second-order valence-corrected chi connectivity index (χ2v) is 5.05. The maximum atomic E-state index is 4.47. The highest BCUT2D eigenvalue weighted by Gasteiger charge is 2.04. The van der Waals surface area contributed by atoms with Crippen LogP contribution in [0.25, 0.3) is 0 Å². The van der Waals surface area contributed by atoms with Gasteiger partial charge in [-0.2, -0.15) is 0 Å². The van der Waals surface area contributed by atoms with Crippen LogP contribution in [0.4, 0.5) is 0 Å². The van der Waals surface area contributed by atoms with Gasteiger partial charge in [0, 0.05) is 16.3 Å². The lowest BCUT2D eigenvalue weighted by Gasteiger charge is -2.01.